The number of rotatable bonds is 9. The molecule has 2 aromatic rings. The summed E-state index contributed by atoms with van der Waals surface area (Å²) in [5.41, 5.74) is 8.46. The van der Waals surface area contributed by atoms with E-state index in [4.69, 9.17) is 10.2 Å². The van der Waals surface area contributed by atoms with E-state index in [1.165, 1.54) is 6.42 Å². The molecule has 1 fully saturated rings. The first-order chi connectivity index (χ1) is 13.6. The lowest BCUT2D eigenvalue weighted by Gasteiger charge is -2.43. The predicted molar refractivity (Wildman–Crippen MR) is 114 cm³/mol. The van der Waals surface area contributed by atoms with Gasteiger partial charge in [0, 0.05) is 24.2 Å². The molecule has 1 amide bonds. The number of hydrogen-bond acceptors (Lipinski definition) is 4. The van der Waals surface area contributed by atoms with Crippen molar-refractivity contribution in [3.8, 4) is 0 Å². The van der Waals surface area contributed by atoms with Gasteiger partial charge in [-0.3, -0.25) is 4.79 Å². The zero-order valence-corrected chi connectivity index (χ0v) is 16.6. The second kappa shape index (κ2) is 9.02. The Hall–Kier alpha value is -2.66. The Morgan fingerprint density at radius 3 is 2.82 bits per heavy atom. The topological polar surface area (TPSA) is 72.4 Å². The SMILES string of the molecule is C=C/C=C(\C=C)c1nc2ccc(C(=O)N3CC(C(CCC)CCN)C3)cc2o1. The molecular weight excluding hydrogens is 350 g/mol. The molecule has 0 radical (unpaired) electrons. The van der Waals surface area contributed by atoms with Crippen LogP contribution in [0.2, 0.25) is 0 Å². The molecule has 1 aliphatic rings. The van der Waals surface area contributed by atoms with Gasteiger partial charge in [0.1, 0.15) is 5.52 Å². The van der Waals surface area contributed by atoms with Crippen LogP contribution in [0.3, 0.4) is 0 Å². The molecule has 1 aromatic heterocycles. The van der Waals surface area contributed by atoms with E-state index in [1.807, 2.05) is 17.0 Å². The first kappa shape index (κ1) is 20.1. The first-order valence-electron chi connectivity index (χ1n) is 9.96. The Kier molecular flexibility index (Phi) is 6.47. The van der Waals surface area contributed by atoms with E-state index in [1.54, 1.807) is 24.3 Å². The Balaban J connectivity index is 1.72. The molecule has 1 aromatic carbocycles. The number of oxazole rings is 1. The second-order valence-corrected chi connectivity index (χ2v) is 7.36. The van der Waals surface area contributed by atoms with E-state index >= 15 is 0 Å². The van der Waals surface area contributed by atoms with Gasteiger partial charge in [-0.1, -0.05) is 51.2 Å². The first-order valence-corrected chi connectivity index (χ1v) is 9.96. The average Bonchev–Trinajstić information content (AvgIpc) is 3.08. The Labute approximate surface area is 166 Å². The van der Waals surface area contributed by atoms with E-state index in [9.17, 15) is 4.79 Å². The van der Waals surface area contributed by atoms with Crippen LogP contribution in [-0.2, 0) is 0 Å². The van der Waals surface area contributed by atoms with Crippen molar-refractivity contribution in [1.82, 2.24) is 9.88 Å². The van der Waals surface area contributed by atoms with Gasteiger partial charge >= 0.3 is 0 Å². The minimum absolute atomic E-state index is 0.0460. The Morgan fingerprint density at radius 2 is 2.18 bits per heavy atom. The maximum Gasteiger partial charge on any atom is 0.254 e. The lowest BCUT2D eigenvalue weighted by atomic mass is 9.80. The van der Waals surface area contributed by atoms with Crippen LogP contribution < -0.4 is 5.73 Å². The molecular formula is C23H29N3O2. The smallest absolute Gasteiger partial charge is 0.254 e. The molecule has 0 spiro atoms. The predicted octanol–water partition coefficient (Wildman–Crippen LogP) is 4.42. The molecule has 2 heterocycles. The van der Waals surface area contributed by atoms with Gasteiger partial charge in [-0.05, 0) is 43.0 Å². The van der Waals surface area contributed by atoms with Crippen LogP contribution in [0.5, 0.6) is 0 Å². The maximum absolute atomic E-state index is 12.9. The van der Waals surface area contributed by atoms with Crippen LogP contribution in [-0.4, -0.2) is 35.4 Å². The normalized spacial score (nSPS) is 16.1. The number of hydrogen-bond donors (Lipinski definition) is 1. The summed E-state index contributed by atoms with van der Waals surface area (Å²) in [6, 6.07) is 5.42. The number of nitrogens with zero attached hydrogens (tertiary/aromatic N) is 2. The van der Waals surface area contributed by atoms with Crippen LogP contribution in [0, 0.1) is 11.8 Å². The number of amides is 1. The van der Waals surface area contributed by atoms with Crippen LogP contribution in [0.4, 0.5) is 0 Å². The number of allylic oxidation sites excluding steroid dienone is 4. The summed E-state index contributed by atoms with van der Waals surface area (Å²) in [6.07, 6.45) is 8.51. The maximum atomic E-state index is 12.9. The third-order valence-corrected chi connectivity index (χ3v) is 5.46. The fraction of sp³-hybridized carbons (Fsp3) is 0.391. The molecule has 2 N–H and O–H groups in total. The van der Waals surface area contributed by atoms with E-state index in [0.717, 1.165) is 37.0 Å². The monoisotopic (exact) mass is 379 g/mol. The van der Waals surface area contributed by atoms with Gasteiger partial charge < -0.3 is 15.1 Å². The van der Waals surface area contributed by atoms with E-state index < -0.39 is 0 Å². The standard InChI is InChI=1S/C23H29N3O2/c1-4-7-16(6-3)22-25-20-10-9-18(13-21(20)28-22)23(27)26-14-19(15-26)17(8-5-2)11-12-24/h4,6-7,9-10,13,17,19H,1,3,5,8,11-12,14-15,24H2,2H3/b16-7+. The number of carbonyl (C=O) groups excluding carboxylic acids is 1. The van der Waals surface area contributed by atoms with E-state index in [-0.39, 0.29) is 5.91 Å². The third-order valence-electron chi connectivity index (χ3n) is 5.46. The quantitative estimate of drug-likeness (QED) is 0.655. The van der Waals surface area contributed by atoms with E-state index in [0.29, 0.717) is 35.4 Å². The third kappa shape index (κ3) is 4.09. The van der Waals surface area contributed by atoms with Crippen LogP contribution in [0.15, 0.2) is 54.0 Å². The van der Waals surface area contributed by atoms with Crippen molar-refractivity contribution in [1.29, 1.82) is 0 Å². The molecule has 1 unspecified atom stereocenters. The van der Waals surface area contributed by atoms with Gasteiger partial charge in [0.05, 0.1) is 0 Å². The fourth-order valence-corrected chi connectivity index (χ4v) is 3.89. The molecule has 28 heavy (non-hydrogen) atoms. The van der Waals surface area contributed by atoms with Crippen molar-refractivity contribution >= 4 is 22.6 Å². The molecule has 1 atom stereocenters. The number of fused-ring (bicyclic) bond motifs is 1. The van der Waals surface area contributed by atoms with Crippen LogP contribution in [0.1, 0.15) is 42.4 Å². The minimum atomic E-state index is 0.0460. The molecule has 1 aliphatic heterocycles. The Bertz CT molecular complexity index is 884. The second-order valence-electron chi connectivity index (χ2n) is 7.36. The molecule has 0 aliphatic carbocycles. The highest BCUT2D eigenvalue weighted by molar-refractivity contribution is 5.97. The highest BCUT2D eigenvalue weighted by Crippen LogP contribution is 2.31. The molecule has 0 saturated carbocycles. The summed E-state index contributed by atoms with van der Waals surface area (Å²) < 4.78 is 5.84. The van der Waals surface area contributed by atoms with Gasteiger partial charge in [-0.2, -0.15) is 0 Å². The van der Waals surface area contributed by atoms with Crippen molar-refractivity contribution in [2.24, 2.45) is 17.6 Å². The molecule has 5 nitrogen and oxygen atoms in total. The molecule has 3 rings (SSSR count). The Morgan fingerprint density at radius 1 is 1.39 bits per heavy atom. The summed E-state index contributed by atoms with van der Waals surface area (Å²) in [6.45, 7) is 12.0. The largest absolute Gasteiger partial charge is 0.436 e. The van der Waals surface area contributed by atoms with Gasteiger partial charge in [0.15, 0.2) is 5.58 Å². The van der Waals surface area contributed by atoms with Crippen molar-refractivity contribution in [2.75, 3.05) is 19.6 Å². The lowest BCUT2D eigenvalue weighted by Crippen LogP contribution is -2.52. The summed E-state index contributed by atoms with van der Waals surface area (Å²) in [7, 11) is 0. The van der Waals surface area contributed by atoms with Crippen molar-refractivity contribution < 1.29 is 9.21 Å². The van der Waals surface area contributed by atoms with Gasteiger partial charge in [-0.25, -0.2) is 4.98 Å². The van der Waals surface area contributed by atoms with Crippen LogP contribution >= 0.6 is 0 Å². The summed E-state index contributed by atoms with van der Waals surface area (Å²) in [5, 5.41) is 0. The fourth-order valence-electron chi connectivity index (χ4n) is 3.89. The van der Waals surface area contributed by atoms with Gasteiger partial charge in [0.2, 0.25) is 5.89 Å². The zero-order chi connectivity index (χ0) is 20.1. The number of aromatic nitrogens is 1. The molecule has 148 valence electrons. The number of benzene rings is 1. The van der Waals surface area contributed by atoms with Gasteiger partial charge in [0.25, 0.3) is 5.91 Å². The molecule has 1 saturated heterocycles. The van der Waals surface area contributed by atoms with Crippen molar-refractivity contribution in [3.05, 3.63) is 61.0 Å². The lowest BCUT2D eigenvalue weighted by molar-refractivity contribution is 0.0340. The van der Waals surface area contributed by atoms with E-state index in [2.05, 4.69) is 25.1 Å². The van der Waals surface area contributed by atoms with Crippen molar-refractivity contribution in [3.63, 3.8) is 0 Å². The van der Waals surface area contributed by atoms with Gasteiger partial charge in [-0.15, -0.1) is 0 Å². The highest BCUT2D eigenvalue weighted by atomic mass is 16.3. The van der Waals surface area contributed by atoms with Crippen molar-refractivity contribution in [2.45, 2.75) is 26.2 Å². The summed E-state index contributed by atoms with van der Waals surface area (Å²) >= 11 is 0. The zero-order valence-electron chi connectivity index (χ0n) is 16.6. The number of likely N-dealkylation sites (tertiary alicyclic amines) is 1. The summed E-state index contributed by atoms with van der Waals surface area (Å²) in [4.78, 5) is 19.2. The summed E-state index contributed by atoms with van der Waals surface area (Å²) in [5.74, 6) is 1.70. The minimum Gasteiger partial charge on any atom is -0.436 e. The number of carbonyl (C=O) groups is 1. The molecule has 0 bridgehead atoms. The van der Waals surface area contributed by atoms with Crippen LogP contribution in [0.25, 0.3) is 16.7 Å². The highest BCUT2D eigenvalue weighted by Gasteiger charge is 2.35. The average molecular weight is 380 g/mol. The molecule has 5 heteroatoms. The number of nitrogens with two attached hydrogens (primary N) is 1.